The van der Waals surface area contributed by atoms with E-state index in [2.05, 4.69) is 31.1 Å². The molecule has 0 spiro atoms. The third-order valence-electron chi connectivity index (χ3n) is 6.17. The van der Waals surface area contributed by atoms with Crippen LogP contribution in [0.5, 0.6) is 5.75 Å². The maximum absolute atomic E-state index is 12.9. The number of ether oxygens (including phenoxy) is 1. The fraction of sp³-hybridized carbons (Fsp3) is 0.650. The number of likely N-dealkylation sites (tertiary alicyclic amines) is 1. The molecule has 6 heteroatoms. The number of rotatable bonds is 5. The van der Waals surface area contributed by atoms with Gasteiger partial charge in [-0.3, -0.25) is 14.6 Å². The van der Waals surface area contributed by atoms with Crippen molar-refractivity contribution in [3.05, 3.63) is 24.0 Å². The fourth-order valence-corrected chi connectivity index (χ4v) is 3.84. The first-order valence-electron chi connectivity index (χ1n) is 9.48. The summed E-state index contributed by atoms with van der Waals surface area (Å²) >= 11 is 0. The zero-order chi connectivity index (χ0) is 18.9. The lowest BCUT2D eigenvalue weighted by atomic mass is 9.96. The predicted molar refractivity (Wildman–Crippen MR) is 99.0 cm³/mol. The van der Waals surface area contributed by atoms with Crippen LogP contribution >= 0.6 is 0 Å². The van der Waals surface area contributed by atoms with E-state index in [1.165, 1.54) is 6.20 Å². The molecule has 1 aromatic heterocycles. The van der Waals surface area contributed by atoms with Crippen LogP contribution in [0.3, 0.4) is 0 Å². The van der Waals surface area contributed by atoms with Crippen molar-refractivity contribution in [3.8, 4) is 5.75 Å². The number of methoxy groups -OCH3 is 1. The van der Waals surface area contributed by atoms with Crippen LogP contribution in [-0.2, 0) is 4.79 Å². The number of aromatic nitrogens is 1. The third kappa shape index (κ3) is 3.69. The van der Waals surface area contributed by atoms with Crippen LogP contribution in [0.4, 0.5) is 0 Å². The standard InChI is InChI=1S/C20H29N3O3/c1-5-20(3)9-17(20)19(25)23-12-15(7-6-13(23)2)22-18(24)14-8-16(26-4)11-21-10-14/h8,10-11,13,15,17H,5-7,9,12H2,1-4H3,(H,22,24). The molecular formula is C20H29N3O3. The minimum atomic E-state index is -0.173. The van der Waals surface area contributed by atoms with Crippen molar-refractivity contribution in [1.82, 2.24) is 15.2 Å². The highest BCUT2D eigenvalue weighted by Crippen LogP contribution is 2.55. The number of pyridine rings is 1. The normalized spacial score (nSPS) is 30.6. The van der Waals surface area contributed by atoms with Gasteiger partial charge in [-0.2, -0.15) is 0 Å². The lowest BCUT2D eigenvalue weighted by molar-refractivity contribution is -0.137. The van der Waals surface area contributed by atoms with Crippen molar-refractivity contribution in [2.24, 2.45) is 11.3 Å². The van der Waals surface area contributed by atoms with E-state index in [1.54, 1.807) is 19.4 Å². The van der Waals surface area contributed by atoms with E-state index in [1.807, 2.05) is 4.90 Å². The molecular weight excluding hydrogens is 330 g/mol. The number of carbonyl (C=O) groups excluding carboxylic acids is 2. The molecule has 1 aliphatic heterocycles. The molecule has 1 N–H and O–H groups in total. The highest BCUT2D eigenvalue weighted by atomic mass is 16.5. The summed E-state index contributed by atoms with van der Waals surface area (Å²) in [4.78, 5) is 31.4. The predicted octanol–water partition coefficient (Wildman–Crippen LogP) is 2.64. The molecule has 2 amide bonds. The summed E-state index contributed by atoms with van der Waals surface area (Å²) in [6.07, 6.45) is 6.90. The van der Waals surface area contributed by atoms with Crippen LogP contribution in [-0.4, -0.2) is 47.4 Å². The Morgan fingerprint density at radius 1 is 1.38 bits per heavy atom. The van der Waals surface area contributed by atoms with E-state index in [0.29, 0.717) is 17.9 Å². The van der Waals surface area contributed by atoms with Crippen molar-refractivity contribution in [2.45, 2.75) is 58.5 Å². The van der Waals surface area contributed by atoms with Crippen LogP contribution < -0.4 is 10.1 Å². The van der Waals surface area contributed by atoms with Crippen molar-refractivity contribution in [3.63, 3.8) is 0 Å². The Hall–Kier alpha value is -2.11. The van der Waals surface area contributed by atoms with E-state index in [0.717, 1.165) is 25.7 Å². The van der Waals surface area contributed by atoms with Gasteiger partial charge < -0.3 is 15.0 Å². The SMILES string of the molecule is CCC1(C)CC1C(=O)N1CC(NC(=O)c2cncc(OC)c2)CCC1C. The van der Waals surface area contributed by atoms with Crippen molar-refractivity contribution in [1.29, 1.82) is 0 Å². The average molecular weight is 359 g/mol. The highest BCUT2D eigenvalue weighted by Gasteiger charge is 2.54. The highest BCUT2D eigenvalue weighted by molar-refractivity contribution is 5.94. The summed E-state index contributed by atoms with van der Waals surface area (Å²) in [6, 6.07) is 1.88. The summed E-state index contributed by atoms with van der Waals surface area (Å²) in [7, 11) is 1.55. The lowest BCUT2D eigenvalue weighted by Gasteiger charge is -2.38. The first kappa shape index (κ1) is 18.7. The average Bonchev–Trinajstić information content (AvgIpc) is 3.35. The van der Waals surface area contributed by atoms with Crippen LogP contribution in [0.15, 0.2) is 18.5 Å². The monoisotopic (exact) mass is 359 g/mol. The molecule has 6 nitrogen and oxygen atoms in total. The molecule has 4 unspecified atom stereocenters. The number of piperidine rings is 1. The molecule has 2 aliphatic rings. The van der Waals surface area contributed by atoms with E-state index >= 15 is 0 Å². The molecule has 0 bridgehead atoms. The fourth-order valence-electron chi connectivity index (χ4n) is 3.84. The van der Waals surface area contributed by atoms with Gasteiger partial charge in [-0.1, -0.05) is 13.8 Å². The second-order valence-corrected chi connectivity index (χ2v) is 7.97. The first-order chi connectivity index (χ1) is 12.4. The Morgan fingerprint density at radius 3 is 2.81 bits per heavy atom. The molecule has 1 saturated carbocycles. The van der Waals surface area contributed by atoms with Crippen molar-refractivity contribution >= 4 is 11.8 Å². The van der Waals surface area contributed by atoms with Gasteiger partial charge in [0.05, 0.1) is 18.9 Å². The van der Waals surface area contributed by atoms with Gasteiger partial charge in [0.25, 0.3) is 5.91 Å². The van der Waals surface area contributed by atoms with E-state index < -0.39 is 0 Å². The van der Waals surface area contributed by atoms with Crippen LogP contribution in [0, 0.1) is 11.3 Å². The Balaban J connectivity index is 1.62. The zero-order valence-electron chi connectivity index (χ0n) is 16.1. The first-order valence-corrected chi connectivity index (χ1v) is 9.48. The molecule has 26 heavy (non-hydrogen) atoms. The van der Waals surface area contributed by atoms with Gasteiger partial charge in [0.1, 0.15) is 5.75 Å². The second kappa shape index (κ2) is 7.25. The Labute approximate surface area is 155 Å². The number of hydrogen-bond donors (Lipinski definition) is 1. The van der Waals surface area contributed by atoms with Crippen molar-refractivity contribution < 1.29 is 14.3 Å². The summed E-state index contributed by atoms with van der Waals surface area (Å²) in [5.74, 6) is 0.781. The molecule has 2 fully saturated rings. The number of nitrogens with zero attached hydrogens (tertiary/aromatic N) is 2. The summed E-state index contributed by atoms with van der Waals surface area (Å²) < 4.78 is 5.13. The van der Waals surface area contributed by atoms with Crippen LogP contribution in [0.25, 0.3) is 0 Å². The second-order valence-electron chi connectivity index (χ2n) is 7.97. The van der Waals surface area contributed by atoms with Gasteiger partial charge in [-0.05, 0) is 44.1 Å². The van der Waals surface area contributed by atoms with Gasteiger partial charge in [0, 0.05) is 30.7 Å². The third-order valence-corrected chi connectivity index (χ3v) is 6.17. The van der Waals surface area contributed by atoms with Gasteiger partial charge in [0.2, 0.25) is 5.91 Å². The summed E-state index contributed by atoms with van der Waals surface area (Å²) in [6.45, 7) is 7.03. The quantitative estimate of drug-likeness (QED) is 0.877. The number of carbonyl (C=O) groups is 2. The Kier molecular flexibility index (Phi) is 5.21. The van der Waals surface area contributed by atoms with Gasteiger partial charge in [-0.25, -0.2) is 0 Å². The molecule has 3 rings (SSSR count). The molecule has 0 aromatic carbocycles. The smallest absolute Gasteiger partial charge is 0.253 e. The molecule has 1 aliphatic carbocycles. The van der Waals surface area contributed by atoms with E-state index in [4.69, 9.17) is 4.74 Å². The summed E-state index contributed by atoms with van der Waals surface area (Å²) in [5, 5.41) is 3.06. The summed E-state index contributed by atoms with van der Waals surface area (Å²) in [5.41, 5.74) is 0.640. The zero-order valence-corrected chi connectivity index (χ0v) is 16.1. The molecule has 4 atom stereocenters. The Morgan fingerprint density at radius 2 is 2.15 bits per heavy atom. The van der Waals surface area contributed by atoms with Crippen LogP contribution in [0.1, 0.15) is 56.8 Å². The Bertz CT molecular complexity index is 693. The molecule has 2 heterocycles. The maximum atomic E-state index is 12.9. The lowest BCUT2D eigenvalue weighted by Crippen LogP contribution is -2.53. The molecule has 1 saturated heterocycles. The number of nitrogens with one attached hydrogen (secondary N) is 1. The largest absolute Gasteiger partial charge is 0.495 e. The minimum Gasteiger partial charge on any atom is -0.495 e. The minimum absolute atomic E-state index is 0.0273. The van der Waals surface area contributed by atoms with Gasteiger partial charge in [0.15, 0.2) is 0 Å². The van der Waals surface area contributed by atoms with Gasteiger partial charge in [-0.15, -0.1) is 0 Å². The molecule has 1 aromatic rings. The van der Waals surface area contributed by atoms with Crippen molar-refractivity contribution in [2.75, 3.05) is 13.7 Å². The topological polar surface area (TPSA) is 71.5 Å². The number of amides is 2. The number of hydrogen-bond acceptors (Lipinski definition) is 4. The van der Waals surface area contributed by atoms with Gasteiger partial charge >= 0.3 is 0 Å². The molecule has 0 radical (unpaired) electrons. The van der Waals surface area contributed by atoms with Crippen LogP contribution in [0.2, 0.25) is 0 Å². The molecule has 142 valence electrons. The van der Waals surface area contributed by atoms with E-state index in [-0.39, 0.29) is 35.2 Å². The van der Waals surface area contributed by atoms with E-state index in [9.17, 15) is 9.59 Å². The maximum Gasteiger partial charge on any atom is 0.253 e.